The first-order valence-corrected chi connectivity index (χ1v) is 10.0. The van der Waals surface area contributed by atoms with Crippen molar-refractivity contribution < 1.29 is 18.7 Å². The zero-order valence-electron chi connectivity index (χ0n) is 15.7. The summed E-state index contributed by atoms with van der Waals surface area (Å²) in [6.45, 7) is 3.07. The molecule has 148 valence electrons. The second-order valence-corrected chi connectivity index (χ2v) is 7.49. The van der Waals surface area contributed by atoms with E-state index < -0.39 is 0 Å². The summed E-state index contributed by atoms with van der Waals surface area (Å²) in [4.78, 5) is 27.6. The van der Waals surface area contributed by atoms with Gasteiger partial charge in [0.15, 0.2) is 6.61 Å². The number of rotatable bonds is 7. The van der Waals surface area contributed by atoms with Crippen LogP contribution >= 0.6 is 15.9 Å². The average Bonchev–Trinajstić information content (AvgIpc) is 3.13. The van der Waals surface area contributed by atoms with Gasteiger partial charge in [0, 0.05) is 41.8 Å². The van der Waals surface area contributed by atoms with Crippen molar-refractivity contribution in [2.75, 3.05) is 24.6 Å². The van der Waals surface area contributed by atoms with Gasteiger partial charge in [0.05, 0.1) is 0 Å². The van der Waals surface area contributed by atoms with Crippen molar-refractivity contribution >= 4 is 33.4 Å². The molecule has 1 heterocycles. The van der Waals surface area contributed by atoms with Gasteiger partial charge in [0.25, 0.3) is 5.91 Å². The number of amides is 2. The highest BCUT2D eigenvalue weighted by atomic mass is 79.9. The van der Waals surface area contributed by atoms with Gasteiger partial charge < -0.3 is 14.5 Å². The number of ether oxygens (including phenoxy) is 1. The van der Waals surface area contributed by atoms with Crippen LogP contribution in [0.1, 0.15) is 25.3 Å². The van der Waals surface area contributed by atoms with Crippen LogP contribution < -0.4 is 9.64 Å². The summed E-state index contributed by atoms with van der Waals surface area (Å²) in [7, 11) is 0. The molecule has 28 heavy (non-hydrogen) atoms. The predicted octanol–water partition coefficient (Wildman–Crippen LogP) is 4.14. The quantitative estimate of drug-likeness (QED) is 0.639. The highest BCUT2D eigenvalue weighted by Gasteiger charge is 2.21. The summed E-state index contributed by atoms with van der Waals surface area (Å²) in [5.74, 6) is 0.110. The Kier molecular flexibility index (Phi) is 6.67. The molecule has 0 spiro atoms. The number of benzene rings is 2. The molecule has 0 atom stereocenters. The summed E-state index contributed by atoms with van der Waals surface area (Å²) in [6, 6.07) is 11.8. The maximum absolute atomic E-state index is 14.0. The lowest BCUT2D eigenvalue weighted by molar-refractivity contribution is -0.133. The molecule has 0 unspecified atom stereocenters. The summed E-state index contributed by atoms with van der Waals surface area (Å²) < 4.78 is 20.3. The zero-order chi connectivity index (χ0) is 20.1. The van der Waals surface area contributed by atoms with Gasteiger partial charge in [-0.2, -0.15) is 0 Å². The van der Waals surface area contributed by atoms with Crippen LogP contribution in [0.3, 0.4) is 0 Å². The molecule has 2 amide bonds. The van der Waals surface area contributed by atoms with Crippen molar-refractivity contribution in [3.05, 3.63) is 58.3 Å². The topological polar surface area (TPSA) is 49.9 Å². The Morgan fingerprint density at radius 1 is 1.25 bits per heavy atom. The van der Waals surface area contributed by atoms with Crippen LogP contribution in [0.2, 0.25) is 0 Å². The molecule has 1 aliphatic rings. The molecular formula is C21H22BrFN2O3. The molecule has 1 saturated heterocycles. The Bertz CT molecular complexity index is 857. The number of hydrogen-bond donors (Lipinski definition) is 0. The smallest absolute Gasteiger partial charge is 0.260 e. The largest absolute Gasteiger partial charge is 0.484 e. The lowest BCUT2D eigenvalue weighted by atomic mass is 10.2. The first kappa shape index (κ1) is 20.3. The second-order valence-electron chi connectivity index (χ2n) is 6.58. The lowest BCUT2D eigenvalue weighted by Crippen LogP contribution is -2.34. The number of hydrogen-bond acceptors (Lipinski definition) is 3. The van der Waals surface area contributed by atoms with Crippen LogP contribution in [0.5, 0.6) is 5.75 Å². The van der Waals surface area contributed by atoms with E-state index in [0.717, 1.165) is 23.1 Å². The standard InChI is InChI=1S/C21H22BrFN2O3/c1-2-24(13-15-12-16(22)5-10-19(15)23)21(27)14-28-18-8-6-17(7-9-18)25-11-3-4-20(25)26/h5-10,12H,2-4,11,13-14H2,1H3. The summed E-state index contributed by atoms with van der Waals surface area (Å²) >= 11 is 3.32. The minimum absolute atomic E-state index is 0.127. The van der Waals surface area contributed by atoms with Crippen LogP contribution in [0.25, 0.3) is 0 Å². The second kappa shape index (κ2) is 9.19. The maximum atomic E-state index is 14.0. The molecule has 0 radical (unpaired) electrons. The third-order valence-electron chi connectivity index (χ3n) is 4.69. The highest BCUT2D eigenvalue weighted by molar-refractivity contribution is 9.10. The summed E-state index contributed by atoms with van der Waals surface area (Å²) in [5.41, 5.74) is 1.28. The number of halogens is 2. The number of nitrogens with zero attached hydrogens (tertiary/aromatic N) is 2. The van der Waals surface area contributed by atoms with Gasteiger partial charge in [0.1, 0.15) is 11.6 Å². The monoisotopic (exact) mass is 448 g/mol. The van der Waals surface area contributed by atoms with Crippen LogP contribution in [0, 0.1) is 5.82 Å². The van der Waals surface area contributed by atoms with E-state index in [4.69, 9.17) is 4.74 Å². The third kappa shape index (κ3) is 4.90. The van der Waals surface area contributed by atoms with E-state index in [0.29, 0.717) is 24.3 Å². The normalized spacial score (nSPS) is 13.7. The van der Waals surface area contributed by atoms with Crippen molar-refractivity contribution in [1.82, 2.24) is 4.90 Å². The van der Waals surface area contributed by atoms with Gasteiger partial charge in [-0.3, -0.25) is 9.59 Å². The zero-order valence-corrected chi connectivity index (χ0v) is 17.2. The van der Waals surface area contributed by atoms with Crippen LogP contribution in [-0.2, 0) is 16.1 Å². The minimum atomic E-state index is -0.345. The van der Waals surface area contributed by atoms with E-state index in [-0.39, 0.29) is 30.8 Å². The van der Waals surface area contributed by atoms with Crippen molar-refractivity contribution in [3.63, 3.8) is 0 Å². The Labute approximate surface area is 172 Å². The molecular weight excluding hydrogens is 427 g/mol. The summed E-state index contributed by atoms with van der Waals surface area (Å²) in [6.07, 6.45) is 1.45. The van der Waals surface area contributed by atoms with Gasteiger partial charge >= 0.3 is 0 Å². The fourth-order valence-corrected chi connectivity index (χ4v) is 3.53. The first-order chi connectivity index (χ1) is 13.5. The van der Waals surface area contributed by atoms with Gasteiger partial charge in [-0.15, -0.1) is 0 Å². The third-order valence-corrected chi connectivity index (χ3v) is 5.18. The Morgan fingerprint density at radius 3 is 2.64 bits per heavy atom. The molecule has 0 bridgehead atoms. The Balaban J connectivity index is 1.57. The van der Waals surface area contributed by atoms with E-state index >= 15 is 0 Å². The summed E-state index contributed by atoms with van der Waals surface area (Å²) in [5, 5.41) is 0. The molecule has 1 aliphatic heterocycles. The molecule has 5 nitrogen and oxygen atoms in total. The number of likely N-dealkylation sites (N-methyl/N-ethyl adjacent to an activating group) is 1. The van der Waals surface area contributed by atoms with Gasteiger partial charge in [-0.1, -0.05) is 15.9 Å². The fourth-order valence-electron chi connectivity index (χ4n) is 3.13. The molecule has 2 aromatic carbocycles. The number of carbonyl (C=O) groups excluding carboxylic acids is 2. The van der Waals surface area contributed by atoms with E-state index in [1.807, 2.05) is 19.1 Å². The average molecular weight is 449 g/mol. The molecule has 7 heteroatoms. The van der Waals surface area contributed by atoms with E-state index in [1.165, 1.54) is 6.07 Å². The van der Waals surface area contributed by atoms with Crippen molar-refractivity contribution in [2.45, 2.75) is 26.3 Å². The Morgan fingerprint density at radius 2 is 2.00 bits per heavy atom. The lowest BCUT2D eigenvalue weighted by Gasteiger charge is -2.22. The minimum Gasteiger partial charge on any atom is -0.484 e. The highest BCUT2D eigenvalue weighted by Crippen LogP contribution is 2.24. The molecule has 0 N–H and O–H groups in total. The molecule has 0 aromatic heterocycles. The molecule has 0 aliphatic carbocycles. The SMILES string of the molecule is CCN(Cc1cc(Br)ccc1F)C(=O)COc1ccc(N2CCCC2=O)cc1. The molecule has 0 saturated carbocycles. The maximum Gasteiger partial charge on any atom is 0.260 e. The number of anilines is 1. The molecule has 1 fully saturated rings. The van der Waals surface area contributed by atoms with Crippen LogP contribution in [-0.4, -0.2) is 36.4 Å². The molecule has 2 aromatic rings. The Hall–Kier alpha value is -2.41. The van der Waals surface area contributed by atoms with Crippen molar-refractivity contribution in [2.24, 2.45) is 0 Å². The van der Waals surface area contributed by atoms with Gasteiger partial charge in [-0.05, 0) is 55.8 Å². The first-order valence-electron chi connectivity index (χ1n) is 9.23. The van der Waals surface area contributed by atoms with Gasteiger partial charge in [0.2, 0.25) is 5.91 Å². The van der Waals surface area contributed by atoms with E-state index in [9.17, 15) is 14.0 Å². The van der Waals surface area contributed by atoms with Crippen LogP contribution in [0.15, 0.2) is 46.9 Å². The van der Waals surface area contributed by atoms with Crippen molar-refractivity contribution in [3.8, 4) is 5.75 Å². The van der Waals surface area contributed by atoms with Gasteiger partial charge in [-0.25, -0.2) is 4.39 Å². The molecule has 3 rings (SSSR count). The van der Waals surface area contributed by atoms with E-state index in [1.54, 1.807) is 34.1 Å². The van der Waals surface area contributed by atoms with Crippen molar-refractivity contribution in [1.29, 1.82) is 0 Å². The van der Waals surface area contributed by atoms with Crippen LogP contribution in [0.4, 0.5) is 10.1 Å². The number of carbonyl (C=O) groups is 2. The predicted molar refractivity (Wildman–Crippen MR) is 109 cm³/mol. The van der Waals surface area contributed by atoms with E-state index in [2.05, 4.69) is 15.9 Å². The fraction of sp³-hybridized carbons (Fsp3) is 0.333.